The van der Waals surface area contributed by atoms with Crippen LogP contribution < -0.4 is 21.1 Å². The first-order valence-electron chi connectivity index (χ1n) is 11.5. The number of carbonyl (C=O) groups excluding carboxylic acids is 3. The van der Waals surface area contributed by atoms with Gasteiger partial charge in [-0.15, -0.1) is 11.3 Å². The van der Waals surface area contributed by atoms with Crippen LogP contribution in [-0.2, 0) is 9.59 Å². The second kappa shape index (κ2) is 11.5. The summed E-state index contributed by atoms with van der Waals surface area (Å²) >= 11 is 1.29. The van der Waals surface area contributed by atoms with Crippen LogP contribution in [0.25, 0.3) is 0 Å². The molecular formula is C26H27N5O4S. The second-order valence-corrected chi connectivity index (χ2v) is 9.28. The number of anilines is 1. The minimum atomic E-state index is -0.359. The van der Waals surface area contributed by atoms with Crippen LogP contribution in [-0.4, -0.2) is 47.6 Å². The van der Waals surface area contributed by atoms with Crippen LogP contribution in [0, 0.1) is 5.41 Å². The van der Waals surface area contributed by atoms with Gasteiger partial charge in [0.2, 0.25) is 11.8 Å². The number of hydrogen-bond acceptors (Lipinski definition) is 6. The van der Waals surface area contributed by atoms with Crippen LogP contribution in [0.3, 0.4) is 0 Å². The summed E-state index contributed by atoms with van der Waals surface area (Å²) < 4.78 is 5.73. The molecule has 1 aliphatic rings. The largest absolute Gasteiger partial charge is 0.457 e. The van der Waals surface area contributed by atoms with E-state index in [0.29, 0.717) is 34.2 Å². The Morgan fingerprint density at radius 1 is 1.06 bits per heavy atom. The van der Waals surface area contributed by atoms with Gasteiger partial charge in [-0.05, 0) is 55.3 Å². The van der Waals surface area contributed by atoms with Gasteiger partial charge in [-0.1, -0.05) is 18.2 Å². The van der Waals surface area contributed by atoms with Gasteiger partial charge >= 0.3 is 0 Å². The van der Waals surface area contributed by atoms with E-state index in [4.69, 9.17) is 15.9 Å². The fourth-order valence-corrected chi connectivity index (χ4v) is 4.80. The van der Waals surface area contributed by atoms with Crippen molar-refractivity contribution in [3.05, 3.63) is 77.2 Å². The van der Waals surface area contributed by atoms with Crippen molar-refractivity contribution in [3.63, 3.8) is 0 Å². The van der Waals surface area contributed by atoms with Crippen molar-refractivity contribution in [1.29, 1.82) is 5.41 Å². The molecule has 3 amide bonds. The number of nitrogens with two attached hydrogens (primary N) is 1. The number of nitrogens with one attached hydrogen (secondary N) is 3. The van der Waals surface area contributed by atoms with Crippen molar-refractivity contribution in [2.24, 2.45) is 5.73 Å². The topological polar surface area (TPSA) is 138 Å². The van der Waals surface area contributed by atoms with E-state index in [1.54, 1.807) is 40.6 Å². The third-order valence-corrected chi connectivity index (χ3v) is 6.63. The molecule has 4 rings (SSSR count). The number of para-hydroxylation sites is 1. The molecule has 1 atom stereocenters. The number of ether oxygens (including phenoxy) is 1. The Balaban J connectivity index is 1.25. The van der Waals surface area contributed by atoms with E-state index in [1.165, 1.54) is 11.3 Å². The highest BCUT2D eigenvalue weighted by molar-refractivity contribution is 7.14. The average molecular weight is 506 g/mol. The van der Waals surface area contributed by atoms with Crippen molar-refractivity contribution in [3.8, 4) is 11.5 Å². The third kappa shape index (κ3) is 6.48. The number of nitrogens with zero attached hydrogens (tertiary/aromatic N) is 1. The van der Waals surface area contributed by atoms with Gasteiger partial charge < -0.3 is 26.0 Å². The van der Waals surface area contributed by atoms with E-state index >= 15 is 0 Å². The van der Waals surface area contributed by atoms with Crippen molar-refractivity contribution in [2.45, 2.75) is 25.3 Å². The smallest absolute Gasteiger partial charge is 0.251 e. The SMILES string of the molecule is N=C(N)c1csc(NC(=O)C[C@@H]2CCCN2C(=O)CNC(=O)c2ccc(Oc3ccccc3)cc2)c1. The third-order valence-electron chi connectivity index (χ3n) is 5.79. The summed E-state index contributed by atoms with van der Waals surface area (Å²) in [6.45, 7) is 0.401. The van der Waals surface area contributed by atoms with Gasteiger partial charge in [0.05, 0.1) is 11.5 Å². The van der Waals surface area contributed by atoms with Crippen LogP contribution in [0.15, 0.2) is 66.0 Å². The fraction of sp³-hybridized carbons (Fsp3) is 0.231. The van der Waals surface area contributed by atoms with Crippen molar-refractivity contribution >= 4 is 39.9 Å². The van der Waals surface area contributed by atoms with Gasteiger partial charge in [0.15, 0.2) is 0 Å². The molecule has 1 saturated heterocycles. The zero-order valence-electron chi connectivity index (χ0n) is 19.5. The number of carbonyl (C=O) groups is 3. The molecule has 2 heterocycles. The molecular weight excluding hydrogens is 478 g/mol. The predicted octanol–water partition coefficient (Wildman–Crippen LogP) is 3.57. The number of likely N-dealkylation sites (tertiary alicyclic amines) is 1. The first-order valence-corrected chi connectivity index (χ1v) is 12.4. The number of amides is 3. The summed E-state index contributed by atoms with van der Waals surface area (Å²) in [7, 11) is 0. The molecule has 36 heavy (non-hydrogen) atoms. The Bertz CT molecular complexity index is 1240. The normalized spacial score (nSPS) is 14.8. The maximum absolute atomic E-state index is 12.8. The highest BCUT2D eigenvalue weighted by Crippen LogP contribution is 2.24. The van der Waals surface area contributed by atoms with Gasteiger partial charge in [-0.25, -0.2) is 0 Å². The summed E-state index contributed by atoms with van der Waals surface area (Å²) in [5, 5.41) is 15.2. The van der Waals surface area contributed by atoms with Crippen LogP contribution in [0.2, 0.25) is 0 Å². The fourth-order valence-electron chi connectivity index (χ4n) is 3.98. The average Bonchev–Trinajstić information content (AvgIpc) is 3.53. The molecule has 186 valence electrons. The molecule has 5 N–H and O–H groups in total. The number of benzene rings is 2. The van der Waals surface area contributed by atoms with Gasteiger partial charge in [0, 0.05) is 35.5 Å². The number of rotatable bonds is 9. The number of thiophene rings is 1. The van der Waals surface area contributed by atoms with Crippen LogP contribution in [0.4, 0.5) is 5.00 Å². The lowest BCUT2D eigenvalue weighted by atomic mass is 10.1. The zero-order valence-corrected chi connectivity index (χ0v) is 20.3. The standard InChI is InChI=1S/C26H27N5O4S/c27-25(28)18-13-23(36-16-18)30-22(32)14-19-5-4-12-31(19)24(33)15-29-26(34)17-8-10-21(11-9-17)35-20-6-2-1-3-7-20/h1-3,6-11,13,16,19H,4-5,12,14-15H2,(H3,27,28)(H,29,34)(H,30,32)/t19-/m0/s1. The molecule has 0 aliphatic carbocycles. The van der Waals surface area contributed by atoms with E-state index in [0.717, 1.165) is 12.8 Å². The molecule has 1 aliphatic heterocycles. The molecule has 1 fully saturated rings. The van der Waals surface area contributed by atoms with Crippen molar-refractivity contribution in [2.75, 3.05) is 18.4 Å². The van der Waals surface area contributed by atoms with Crippen LogP contribution in [0.5, 0.6) is 11.5 Å². The van der Waals surface area contributed by atoms with E-state index in [2.05, 4.69) is 10.6 Å². The molecule has 0 unspecified atom stereocenters. The molecule has 0 spiro atoms. The summed E-state index contributed by atoms with van der Waals surface area (Å²) in [5.74, 6) is 0.452. The molecule has 0 bridgehead atoms. The van der Waals surface area contributed by atoms with Gasteiger partial charge in [0.1, 0.15) is 17.3 Å². The molecule has 10 heteroatoms. The Morgan fingerprint density at radius 2 is 1.78 bits per heavy atom. The Hall–Kier alpha value is -4.18. The van der Waals surface area contributed by atoms with E-state index in [-0.39, 0.29) is 42.6 Å². The second-order valence-electron chi connectivity index (χ2n) is 8.37. The first kappa shape index (κ1) is 24.9. The molecule has 0 saturated carbocycles. The lowest BCUT2D eigenvalue weighted by Gasteiger charge is -2.24. The number of nitrogen functional groups attached to an aromatic ring is 1. The van der Waals surface area contributed by atoms with Gasteiger partial charge in [-0.3, -0.25) is 19.8 Å². The van der Waals surface area contributed by atoms with Crippen LogP contribution >= 0.6 is 11.3 Å². The minimum Gasteiger partial charge on any atom is -0.457 e. The van der Waals surface area contributed by atoms with E-state index in [1.807, 2.05) is 30.3 Å². The first-order chi connectivity index (χ1) is 17.4. The number of hydrogen-bond donors (Lipinski definition) is 4. The Labute approximate surface area is 212 Å². The number of amidine groups is 1. The molecule has 3 aromatic rings. The predicted molar refractivity (Wildman–Crippen MR) is 139 cm³/mol. The molecule has 9 nitrogen and oxygen atoms in total. The zero-order chi connectivity index (χ0) is 25.5. The lowest BCUT2D eigenvalue weighted by molar-refractivity contribution is -0.131. The molecule has 1 aromatic heterocycles. The van der Waals surface area contributed by atoms with E-state index < -0.39 is 0 Å². The highest BCUT2D eigenvalue weighted by Gasteiger charge is 2.30. The monoisotopic (exact) mass is 505 g/mol. The Morgan fingerprint density at radius 3 is 2.47 bits per heavy atom. The quantitative estimate of drug-likeness (QED) is 0.260. The van der Waals surface area contributed by atoms with Crippen molar-refractivity contribution < 1.29 is 19.1 Å². The van der Waals surface area contributed by atoms with Gasteiger partial charge in [0.25, 0.3) is 5.91 Å². The maximum Gasteiger partial charge on any atom is 0.251 e. The molecule has 2 aromatic carbocycles. The summed E-state index contributed by atoms with van der Waals surface area (Å²) in [6.07, 6.45) is 1.68. The Kier molecular flexibility index (Phi) is 7.96. The summed E-state index contributed by atoms with van der Waals surface area (Å²) in [4.78, 5) is 39.5. The molecule has 0 radical (unpaired) electrons. The maximum atomic E-state index is 12.8. The van der Waals surface area contributed by atoms with Gasteiger partial charge in [-0.2, -0.15) is 0 Å². The highest BCUT2D eigenvalue weighted by atomic mass is 32.1. The lowest BCUT2D eigenvalue weighted by Crippen LogP contribution is -2.43. The van der Waals surface area contributed by atoms with Crippen molar-refractivity contribution in [1.82, 2.24) is 10.2 Å². The minimum absolute atomic E-state index is 0.0576. The van der Waals surface area contributed by atoms with Crippen LogP contribution in [0.1, 0.15) is 35.2 Å². The summed E-state index contributed by atoms with van der Waals surface area (Å²) in [5.41, 5.74) is 6.44. The summed E-state index contributed by atoms with van der Waals surface area (Å²) in [6, 6.07) is 17.4. The van der Waals surface area contributed by atoms with E-state index in [9.17, 15) is 14.4 Å².